The number of nitrogens with one attached hydrogen (secondary N) is 1. The first-order valence-corrected chi connectivity index (χ1v) is 11.4. The largest absolute Gasteiger partial charge is 0.484 e. The highest BCUT2D eigenvalue weighted by molar-refractivity contribution is 8.01. The van der Waals surface area contributed by atoms with Gasteiger partial charge in [0.1, 0.15) is 11.6 Å². The molecule has 0 saturated carbocycles. The topological polar surface area (TPSA) is 87.7 Å². The highest BCUT2D eigenvalue weighted by Crippen LogP contribution is 2.28. The summed E-state index contributed by atoms with van der Waals surface area (Å²) >= 11 is 2.81. The van der Waals surface area contributed by atoms with Crippen LogP contribution in [0.25, 0.3) is 0 Å². The maximum absolute atomic E-state index is 12.9. The van der Waals surface area contributed by atoms with Gasteiger partial charge in [0.15, 0.2) is 10.9 Å². The number of carbonyl (C=O) groups excluding carboxylic acids is 2. The number of thioether (sulfide) groups is 1. The molecule has 30 heavy (non-hydrogen) atoms. The molecule has 3 rings (SSSR count). The lowest BCUT2D eigenvalue weighted by atomic mass is 10.3. The number of piperazine rings is 1. The Labute approximate surface area is 182 Å². The van der Waals surface area contributed by atoms with Crippen LogP contribution in [0.15, 0.2) is 28.6 Å². The van der Waals surface area contributed by atoms with Crippen LogP contribution in [-0.2, 0) is 9.59 Å². The first kappa shape index (κ1) is 22.3. The van der Waals surface area contributed by atoms with Gasteiger partial charge in [0.2, 0.25) is 11.0 Å². The van der Waals surface area contributed by atoms with Crippen molar-refractivity contribution in [1.29, 1.82) is 0 Å². The highest BCUT2D eigenvalue weighted by atomic mass is 32.2. The van der Waals surface area contributed by atoms with Crippen molar-refractivity contribution < 1.29 is 18.7 Å². The minimum Gasteiger partial charge on any atom is -0.484 e. The molecule has 2 aromatic rings. The zero-order valence-corrected chi connectivity index (χ0v) is 18.5. The van der Waals surface area contributed by atoms with E-state index in [9.17, 15) is 14.0 Å². The van der Waals surface area contributed by atoms with E-state index < -0.39 is 0 Å². The molecule has 1 aliphatic rings. The highest BCUT2D eigenvalue weighted by Gasteiger charge is 2.24. The number of amides is 2. The Morgan fingerprint density at radius 3 is 2.57 bits per heavy atom. The number of aromatic nitrogens is 2. The lowest BCUT2D eigenvalue weighted by Gasteiger charge is -2.34. The van der Waals surface area contributed by atoms with Gasteiger partial charge < -0.3 is 19.9 Å². The maximum atomic E-state index is 12.9. The summed E-state index contributed by atoms with van der Waals surface area (Å²) < 4.78 is 19.1. The van der Waals surface area contributed by atoms with Crippen LogP contribution in [-0.4, -0.2) is 71.5 Å². The molecule has 0 spiro atoms. The van der Waals surface area contributed by atoms with E-state index in [1.54, 1.807) is 4.90 Å². The minimum atomic E-state index is -0.346. The monoisotopic (exact) mass is 453 g/mol. The van der Waals surface area contributed by atoms with Crippen molar-refractivity contribution in [3.8, 4) is 5.75 Å². The third kappa shape index (κ3) is 6.56. The van der Waals surface area contributed by atoms with E-state index in [2.05, 4.69) is 20.4 Å². The summed E-state index contributed by atoms with van der Waals surface area (Å²) in [6, 6.07) is 5.70. The molecule has 0 aliphatic carbocycles. The number of hydrogen-bond acceptors (Lipinski definition) is 8. The Bertz CT molecular complexity index is 854. The van der Waals surface area contributed by atoms with Crippen LogP contribution in [0.4, 0.5) is 9.52 Å². The molecule has 162 valence electrons. The molecule has 0 unspecified atom stereocenters. The molecular weight excluding hydrogens is 429 g/mol. The molecule has 1 N–H and O–H groups in total. The van der Waals surface area contributed by atoms with Gasteiger partial charge in [-0.3, -0.25) is 9.59 Å². The van der Waals surface area contributed by atoms with Gasteiger partial charge in [0.25, 0.3) is 5.91 Å². The fourth-order valence-corrected chi connectivity index (χ4v) is 4.50. The maximum Gasteiger partial charge on any atom is 0.260 e. The van der Waals surface area contributed by atoms with Crippen LogP contribution >= 0.6 is 23.1 Å². The van der Waals surface area contributed by atoms with Crippen molar-refractivity contribution in [2.45, 2.75) is 24.2 Å². The molecule has 0 atom stereocenters. The van der Waals surface area contributed by atoms with Crippen molar-refractivity contribution >= 4 is 40.0 Å². The quantitative estimate of drug-likeness (QED) is 0.612. The number of nitrogens with zero attached hydrogens (tertiary/aromatic N) is 4. The SMILES string of the molecule is CC(C)NC(=O)CSc1nnc(N2CCN(C(=O)COc3ccc(F)cc3)CC2)s1. The van der Waals surface area contributed by atoms with Crippen molar-refractivity contribution in [3.05, 3.63) is 30.1 Å². The molecule has 0 radical (unpaired) electrons. The molecule has 0 bridgehead atoms. The molecule has 2 amide bonds. The van der Waals surface area contributed by atoms with Crippen LogP contribution in [0.5, 0.6) is 5.75 Å². The van der Waals surface area contributed by atoms with Crippen LogP contribution < -0.4 is 15.0 Å². The smallest absolute Gasteiger partial charge is 0.260 e. The molecule has 8 nitrogen and oxygen atoms in total. The average molecular weight is 454 g/mol. The first-order chi connectivity index (χ1) is 14.4. The third-order valence-electron chi connectivity index (χ3n) is 4.25. The summed E-state index contributed by atoms with van der Waals surface area (Å²) in [4.78, 5) is 27.9. The lowest BCUT2D eigenvalue weighted by molar-refractivity contribution is -0.133. The number of rotatable bonds is 8. The van der Waals surface area contributed by atoms with Gasteiger partial charge >= 0.3 is 0 Å². The number of hydrogen-bond donors (Lipinski definition) is 1. The summed E-state index contributed by atoms with van der Waals surface area (Å²) in [5.41, 5.74) is 0. The molecule has 1 aromatic carbocycles. The molecular formula is C19H24FN5O3S2. The van der Waals surface area contributed by atoms with Gasteiger partial charge in [0.05, 0.1) is 5.75 Å². The van der Waals surface area contributed by atoms with Crippen LogP contribution in [0.1, 0.15) is 13.8 Å². The second kappa shape index (κ2) is 10.6. The molecule has 1 saturated heterocycles. The second-order valence-electron chi connectivity index (χ2n) is 6.97. The Kier molecular flexibility index (Phi) is 7.86. The first-order valence-electron chi connectivity index (χ1n) is 9.57. The van der Waals surface area contributed by atoms with Gasteiger partial charge in [-0.2, -0.15) is 0 Å². The van der Waals surface area contributed by atoms with E-state index in [-0.39, 0.29) is 30.3 Å². The van der Waals surface area contributed by atoms with Crippen molar-refractivity contribution in [3.63, 3.8) is 0 Å². The molecule has 1 fully saturated rings. The zero-order chi connectivity index (χ0) is 21.5. The van der Waals surface area contributed by atoms with Crippen LogP contribution in [0.3, 0.4) is 0 Å². The number of ether oxygens (including phenoxy) is 1. The summed E-state index contributed by atoms with van der Waals surface area (Å²) in [6.45, 7) is 6.18. The Hall–Kier alpha value is -2.40. The summed E-state index contributed by atoms with van der Waals surface area (Å²) in [6.07, 6.45) is 0. The van der Waals surface area contributed by atoms with Crippen molar-refractivity contribution in [2.24, 2.45) is 0 Å². The predicted octanol–water partition coefficient (Wildman–Crippen LogP) is 2.02. The Balaban J connectivity index is 1.41. The van der Waals surface area contributed by atoms with E-state index in [0.29, 0.717) is 37.7 Å². The van der Waals surface area contributed by atoms with Gasteiger partial charge in [-0.1, -0.05) is 23.1 Å². The zero-order valence-electron chi connectivity index (χ0n) is 16.8. The lowest BCUT2D eigenvalue weighted by Crippen LogP contribution is -2.50. The molecule has 1 aliphatic heterocycles. The van der Waals surface area contributed by atoms with Gasteiger partial charge in [-0.15, -0.1) is 10.2 Å². The molecule has 2 heterocycles. The van der Waals surface area contributed by atoms with E-state index in [0.717, 1.165) is 9.47 Å². The number of halogens is 1. The minimum absolute atomic E-state index is 0.0262. The predicted molar refractivity (Wildman–Crippen MR) is 115 cm³/mol. The number of carbonyl (C=O) groups is 2. The Morgan fingerprint density at radius 1 is 1.20 bits per heavy atom. The summed E-state index contributed by atoms with van der Waals surface area (Å²) in [7, 11) is 0. The second-order valence-corrected chi connectivity index (χ2v) is 9.15. The summed E-state index contributed by atoms with van der Waals surface area (Å²) in [5, 5.41) is 12.0. The standard InChI is InChI=1S/C19H24FN5O3S2/c1-13(2)21-16(26)12-29-19-23-22-18(30-19)25-9-7-24(8-10-25)17(27)11-28-15-5-3-14(20)4-6-15/h3-6,13H,7-12H2,1-2H3,(H,21,26). The summed E-state index contributed by atoms with van der Waals surface area (Å²) in [5.74, 6) is 0.292. The Morgan fingerprint density at radius 2 is 1.90 bits per heavy atom. The van der Waals surface area contributed by atoms with E-state index in [4.69, 9.17) is 4.74 Å². The fraction of sp³-hybridized carbons (Fsp3) is 0.474. The normalized spacial score (nSPS) is 14.1. The van der Waals surface area contributed by atoms with Gasteiger partial charge in [-0.25, -0.2) is 4.39 Å². The van der Waals surface area contributed by atoms with Crippen molar-refractivity contribution in [2.75, 3.05) is 43.4 Å². The van der Waals surface area contributed by atoms with Gasteiger partial charge in [0, 0.05) is 32.2 Å². The van der Waals surface area contributed by atoms with E-state index in [1.165, 1.54) is 47.4 Å². The molecule has 11 heteroatoms. The third-order valence-corrected chi connectivity index (χ3v) is 6.37. The fourth-order valence-electron chi connectivity index (χ4n) is 2.79. The molecule has 1 aromatic heterocycles. The van der Waals surface area contributed by atoms with Gasteiger partial charge in [-0.05, 0) is 38.1 Å². The van der Waals surface area contributed by atoms with E-state index >= 15 is 0 Å². The number of anilines is 1. The van der Waals surface area contributed by atoms with Crippen molar-refractivity contribution in [1.82, 2.24) is 20.4 Å². The van der Waals surface area contributed by atoms with Crippen LogP contribution in [0.2, 0.25) is 0 Å². The van der Waals surface area contributed by atoms with Crippen LogP contribution in [0, 0.1) is 5.82 Å². The van der Waals surface area contributed by atoms with E-state index in [1.807, 2.05) is 13.8 Å². The number of benzene rings is 1. The average Bonchev–Trinajstić information content (AvgIpc) is 3.20.